The van der Waals surface area contributed by atoms with Gasteiger partial charge in [0, 0.05) is 6.20 Å². The molecule has 1 aromatic rings. The maximum atomic E-state index is 4.18. The normalized spacial score (nSPS) is 9.36. The van der Waals surface area contributed by atoms with E-state index in [-0.39, 0.29) is 0 Å². The highest BCUT2D eigenvalue weighted by Crippen LogP contribution is 2.24. The lowest BCUT2D eigenvalue weighted by atomic mass is 10.2. The van der Waals surface area contributed by atoms with E-state index < -0.39 is 0 Å². The van der Waals surface area contributed by atoms with Crippen LogP contribution in [-0.2, 0) is 0 Å². The highest BCUT2D eigenvalue weighted by molar-refractivity contribution is 9.28. The number of rotatable bonds is 1. The Morgan fingerprint density at radius 3 is 2.55 bits per heavy atom. The topological polar surface area (TPSA) is 12.9 Å². The Labute approximate surface area is 82.8 Å². The summed E-state index contributed by atoms with van der Waals surface area (Å²) in [6.07, 6.45) is 1.78. The Morgan fingerprint density at radius 1 is 1.36 bits per heavy atom. The molecule has 0 atom stereocenters. The Hall–Kier alpha value is -0.150. The molecule has 11 heavy (non-hydrogen) atoms. The summed E-state index contributed by atoms with van der Waals surface area (Å²) in [5.41, 5.74) is 2.09. The van der Waals surface area contributed by atoms with Crippen LogP contribution >= 0.6 is 31.9 Å². The number of allylic oxidation sites excluding steroid dienone is 1. The molecule has 0 saturated carbocycles. The van der Waals surface area contributed by atoms with E-state index in [1.54, 1.807) is 6.20 Å². The SMILES string of the molecule is CC(=C(Br)Br)c1ccccn1. The third kappa shape index (κ3) is 2.42. The van der Waals surface area contributed by atoms with E-state index in [0.29, 0.717) is 0 Å². The molecule has 0 fully saturated rings. The van der Waals surface area contributed by atoms with E-state index in [0.717, 1.165) is 14.7 Å². The van der Waals surface area contributed by atoms with Crippen LogP contribution in [0.5, 0.6) is 0 Å². The van der Waals surface area contributed by atoms with Crippen LogP contribution in [0, 0.1) is 0 Å². The van der Waals surface area contributed by atoms with Crippen LogP contribution in [0.3, 0.4) is 0 Å². The van der Waals surface area contributed by atoms with Crippen LogP contribution in [0.2, 0.25) is 0 Å². The van der Waals surface area contributed by atoms with Gasteiger partial charge in [0.2, 0.25) is 0 Å². The van der Waals surface area contributed by atoms with Gasteiger partial charge in [-0.25, -0.2) is 0 Å². The number of halogens is 2. The van der Waals surface area contributed by atoms with E-state index >= 15 is 0 Å². The smallest absolute Gasteiger partial charge is 0.0675 e. The van der Waals surface area contributed by atoms with Gasteiger partial charge in [-0.3, -0.25) is 4.98 Å². The van der Waals surface area contributed by atoms with Crippen LogP contribution < -0.4 is 0 Å². The first-order chi connectivity index (χ1) is 5.22. The Kier molecular flexibility index (Phi) is 3.27. The zero-order chi connectivity index (χ0) is 8.27. The summed E-state index contributed by atoms with van der Waals surface area (Å²) in [4.78, 5) is 4.18. The van der Waals surface area contributed by atoms with Crippen molar-refractivity contribution < 1.29 is 0 Å². The lowest BCUT2D eigenvalue weighted by Gasteiger charge is -1.98. The fraction of sp³-hybridized carbons (Fsp3) is 0.125. The van der Waals surface area contributed by atoms with Crippen molar-refractivity contribution in [3.05, 3.63) is 33.5 Å². The Balaban J connectivity index is 3.04. The zero-order valence-electron chi connectivity index (χ0n) is 6.01. The zero-order valence-corrected chi connectivity index (χ0v) is 9.18. The number of hydrogen-bond acceptors (Lipinski definition) is 1. The second-order valence-electron chi connectivity index (χ2n) is 2.10. The van der Waals surface area contributed by atoms with E-state index in [1.165, 1.54) is 0 Å². The van der Waals surface area contributed by atoms with Crippen molar-refractivity contribution in [3.8, 4) is 0 Å². The molecule has 0 aliphatic heterocycles. The summed E-state index contributed by atoms with van der Waals surface area (Å²) >= 11 is 6.67. The summed E-state index contributed by atoms with van der Waals surface area (Å²) in [7, 11) is 0. The molecule has 1 aromatic heterocycles. The summed E-state index contributed by atoms with van der Waals surface area (Å²) in [6.45, 7) is 2.00. The van der Waals surface area contributed by atoms with Crippen molar-refractivity contribution in [2.75, 3.05) is 0 Å². The van der Waals surface area contributed by atoms with Crippen molar-refractivity contribution in [2.24, 2.45) is 0 Å². The Morgan fingerprint density at radius 2 is 2.09 bits per heavy atom. The first-order valence-corrected chi connectivity index (χ1v) is 4.73. The molecule has 0 aromatic carbocycles. The van der Waals surface area contributed by atoms with Gasteiger partial charge in [-0.15, -0.1) is 0 Å². The first-order valence-electron chi connectivity index (χ1n) is 3.15. The van der Waals surface area contributed by atoms with Crippen LogP contribution in [0.25, 0.3) is 5.57 Å². The molecule has 0 aliphatic rings. The lowest BCUT2D eigenvalue weighted by Crippen LogP contribution is -1.83. The van der Waals surface area contributed by atoms with Crippen molar-refractivity contribution in [1.29, 1.82) is 0 Å². The van der Waals surface area contributed by atoms with Gasteiger partial charge in [0.15, 0.2) is 0 Å². The van der Waals surface area contributed by atoms with Crippen molar-refractivity contribution in [2.45, 2.75) is 6.92 Å². The maximum absolute atomic E-state index is 4.18. The molecule has 1 nitrogen and oxygen atoms in total. The van der Waals surface area contributed by atoms with Gasteiger partial charge in [0.1, 0.15) is 0 Å². The molecule has 0 aliphatic carbocycles. The molecule has 1 heterocycles. The molecule has 1 rings (SSSR count). The van der Waals surface area contributed by atoms with Crippen LogP contribution in [0.15, 0.2) is 27.8 Å². The minimum absolute atomic E-state index is 0.948. The summed E-state index contributed by atoms with van der Waals surface area (Å²) in [6, 6.07) is 5.84. The number of nitrogens with zero attached hydrogens (tertiary/aromatic N) is 1. The average Bonchev–Trinajstić information content (AvgIpc) is 2.05. The molecule has 0 amide bonds. The second kappa shape index (κ2) is 4.02. The van der Waals surface area contributed by atoms with Gasteiger partial charge in [-0.1, -0.05) is 6.07 Å². The average molecular weight is 277 g/mol. The molecule has 0 radical (unpaired) electrons. The monoisotopic (exact) mass is 275 g/mol. The fourth-order valence-corrected chi connectivity index (χ4v) is 1.09. The second-order valence-corrected chi connectivity index (χ2v) is 4.75. The first kappa shape index (κ1) is 8.94. The van der Waals surface area contributed by atoms with Crippen molar-refractivity contribution in [1.82, 2.24) is 4.98 Å². The van der Waals surface area contributed by atoms with Gasteiger partial charge in [-0.05, 0) is 56.5 Å². The molecule has 0 unspecified atom stereocenters. The maximum Gasteiger partial charge on any atom is 0.0675 e. The summed E-state index contributed by atoms with van der Waals surface area (Å²) in [5.74, 6) is 0. The molecule has 0 N–H and O–H groups in total. The molecule has 0 saturated heterocycles. The molecular weight excluding hydrogens is 270 g/mol. The van der Waals surface area contributed by atoms with Gasteiger partial charge in [-0.2, -0.15) is 0 Å². The van der Waals surface area contributed by atoms with E-state index in [1.807, 2.05) is 25.1 Å². The quantitative estimate of drug-likeness (QED) is 0.764. The molecule has 0 bridgehead atoms. The minimum atomic E-state index is 0.948. The summed E-state index contributed by atoms with van der Waals surface area (Å²) in [5, 5.41) is 0. The third-order valence-electron chi connectivity index (χ3n) is 1.33. The van der Waals surface area contributed by atoms with E-state index in [9.17, 15) is 0 Å². The van der Waals surface area contributed by atoms with Crippen LogP contribution in [0.1, 0.15) is 12.6 Å². The Bertz CT molecular complexity index is 263. The number of hydrogen-bond donors (Lipinski definition) is 0. The van der Waals surface area contributed by atoms with Crippen LogP contribution in [0.4, 0.5) is 0 Å². The highest BCUT2D eigenvalue weighted by atomic mass is 79.9. The standard InChI is InChI=1S/C8H7Br2N/c1-6(8(9)10)7-4-2-3-5-11-7/h2-5H,1H3. The summed E-state index contributed by atoms with van der Waals surface area (Å²) < 4.78 is 0.948. The fourth-order valence-electron chi connectivity index (χ4n) is 0.681. The van der Waals surface area contributed by atoms with Gasteiger partial charge in [0.25, 0.3) is 0 Å². The predicted molar refractivity (Wildman–Crippen MR) is 54.7 cm³/mol. The van der Waals surface area contributed by atoms with E-state index in [2.05, 4.69) is 36.8 Å². The largest absolute Gasteiger partial charge is 0.257 e. The third-order valence-corrected chi connectivity index (χ3v) is 2.52. The van der Waals surface area contributed by atoms with Gasteiger partial charge < -0.3 is 0 Å². The lowest BCUT2D eigenvalue weighted by molar-refractivity contribution is 1.27. The molecule has 58 valence electrons. The van der Waals surface area contributed by atoms with Crippen molar-refractivity contribution >= 4 is 37.4 Å². The molecular formula is C8H7Br2N. The highest BCUT2D eigenvalue weighted by Gasteiger charge is 1.98. The van der Waals surface area contributed by atoms with E-state index in [4.69, 9.17) is 0 Å². The molecule has 3 heteroatoms. The predicted octanol–water partition coefficient (Wildman–Crippen LogP) is 3.56. The minimum Gasteiger partial charge on any atom is -0.257 e. The van der Waals surface area contributed by atoms with Crippen molar-refractivity contribution in [3.63, 3.8) is 0 Å². The number of aromatic nitrogens is 1. The molecule has 0 spiro atoms. The van der Waals surface area contributed by atoms with Crippen LogP contribution in [-0.4, -0.2) is 4.98 Å². The van der Waals surface area contributed by atoms with Gasteiger partial charge >= 0.3 is 0 Å². The number of pyridine rings is 1. The van der Waals surface area contributed by atoms with Gasteiger partial charge in [0.05, 0.1) is 9.09 Å².